The van der Waals surface area contributed by atoms with E-state index in [1.165, 1.54) is 0 Å². The lowest BCUT2D eigenvalue weighted by Gasteiger charge is -1.83. The molecule has 3 heteroatoms. The standard InChI is InChI=1S/C13H10O.C2H4O2/c14-12-8-3-1-2-5-9-13-10-6-4-7-11-13;1-2(3)4/h3-4,6-8,10-11,14H,12H2;1H3,(H,3,4). The zero-order valence-corrected chi connectivity index (χ0v) is 10.1. The molecule has 92 valence electrons. The van der Waals surface area contributed by atoms with Crippen LogP contribution in [0.1, 0.15) is 12.5 Å². The first-order valence-electron chi connectivity index (χ1n) is 5.18. The van der Waals surface area contributed by atoms with Gasteiger partial charge in [0.15, 0.2) is 0 Å². The largest absolute Gasteiger partial charge is 0.481 e. The molecule has 0 saturated carbocycles. The minimum Gasteiger partial charge on any atom is -0.481 e. The molecular weight excluding hydrogens is 228 g/mol. The highest BCUT2D eigenvalue weighted by atomic mass is 16.4. The molecule has 1 aromatic carbocycles. The molecule has 0 bridgehead atoms. The Hall–Kier alpha value is -2.49. The SMILES string of the molecule is CC(=O)O.OCC=CC#CC#Cc1ccccc1. The second-order valence-electron chi connectivity index (χ2n) is 2.99. The van der Waals surface area contributed by atoms with Gasteiger partial charge in [0.2, 0.25) is 0 Å². The van der Waals surface area contributed by atoms with Gasteiger partial charge in [0.25, 0.3) is 5.97 Å². The molecule has 0 unspecified atom stereocenters. The van der Waals surface area contributed by atoms with E-state index in [9.17, 15) is 0 Å². The first-order chi connectivity index (χ1) is 8.66. The Balaban J connectivity index is 0.000000631. The van der Waals surface area contributed by atoms with Crippen LogP contribution >= 0.6 is 0 Å². The van der Waals surface area contributed by atoms with Crippen LogP contribution in [-0.2, 0) is 4.79 Å². The van der Waals surface area contributed by atoms with E-state index in [0.717, 1.165) is 12.5 Å². The molecule has 0 aliphatic rings. The maximum absolute atomic E-state index is 9.00. The fourth-order valence-electron chi connectivity index (χ4n) is 0.814. The third kappa shape index (κ3) is 11.6. The number of carbonyl (C=O) groups is 1. The van der Waals surface area contributed by atoms with Gasteiger partial charge in [-0.05, 0) is 30.0 Å². The number of aliphatic hydroxyl groups is 1. The number of hydrogen-bond acceptors (Lipinski definition) is 2. The van der Waals surface area contributed by atoms with Crippen molar-refractivity contribution >= 4 is 5.97 Å². The summed E-state index contributed by atoms with van der Waals surface area (Å²) < 4.78 is 0. The average Bonchev–Trinajstić information content (AvgIpc) is 2.34. The third-order valence-corrected chi connectivity index (χ3v) is 1.42. The lowest BCUT2D eigenvalue weighted by molar-refractivity contribution is -0.134. The van der Waals surface area contributed by atoms with Crippen molar-refractivity contribution in [2.75, 3.05) is 6.61 Å². The molecule has 3 nitrogen and oxygen atoms in total. The molecule has 2 N–H and O–H groups in total. The summed E-state index contributed by atoms with van der Waals surface area (Å²) in [5.74, 6) is 10.1. The van der Waals surface area contributed by atoms with Crippen molar-refractivity contribution in [3.8, 4) is 23.7 Å². The van der Waals surface area contributed by atoms with Crippen molar-refractivity contribution < 1.29 is 15.0 Å². The topological polar surface area (TPSA) is 57.5 Å². The van der Waals surface area contributed by atoms with Crippen LogP contribution in [0, 0.1) is 23.7 Å². The number of aliphatic carboxylic acids is 1. The zero-order chi connectivity index (χ0) is 13.6. The number of rotatable bonds is 1. The molecule has 0 amide bonds. The molecule has 0 fully saturated rings. The lowest BCUT2D eigenvalue weighted by Crippen LogP contribution is -1.78. The van der Waals surface area contributed by atoms with E-state index in [-0.39, 0.29) is 6.61 Å². The summed E-state index contributed by atoms with van der Waals surface area (Å²) in [5.41, 5.74) is 0.952. The fraction of sp³-hybridized carbons (Fsp3) is 0.133. The average molecular weight is 242 g/mol. The predicted molar refractivity (Wildman–Crippen MR) is 70.6 cm³/mol. The van der Waals surface area contributed by atoms with Gasteiger partial charge in [-0.2, -0.15) is 0 Å². The molecule has 18 heavy (non-hydrogen) atoms. The molecule has 0 spiro atoms. The van der Waals surface area contributed by atoms with Crippen LogP contribution in [0.25, 0.3) is 0 Å². The van der Waals surface area contributed by atoms with Crippen molar-refractivity contribution in [1.29, 1.82) is 0 Å². The number of carboxylic acids is 1. The Morgan fingerprint density at radius 2 is 1.89 bits per heavy atom. The van der Waals surface area contributed by atoms with Crippen LogP contribution in [0.15, 0.2) is 42.5 Å². The molecule has 1 aromatic rings. The summed E-state index contributed by atoms with van der Waals surface area (Å²) in [6, 6.07) is 9.67. The van der Waals surface area contributed by atoms with Crippen molar-refractivity contribution in [3.05, 3.63) is 48.0 Å². The minimum absolute atomic E-state index is 0.0147. The van der Waals surface area contributed by atoms with Gasteiger partial charge < -0.3 is 10.2 Å². The molecule has 0 aliphatic heterocycles. The van der Waals surface area contributed by atoms with Crippen molar-refractivity contribution in [1.82, 2.24) is 0 Å². The van der Waals surface area contributed by atoms with E-state index < -0.39 is 5.97 Å². The lowest BCUT2D eigenvalue weighted by atomic mass is 10.2. The Bertz CT molecular complexity index is 489. The maximum atomic E-state index is 9.00. The normalized spacial score (nSPS) is 8.11. The highest BCUT2D eigenvalue weighted by Crippen LogP contribution is 1.93. The smallest absolute Gasteiger partial charge is 0.300 e. The van der Waals surface area contributed by atoms with Crippen molar-refractivity contribution in [3.63, 3.8) is 0 Å². The minimum atomic E-state index is -0.833. The third-order valence-electron chi connectivity index (χ3n) is 1.42. The number of aliphatic hydroxyl groups excluding tert-OH is 1. The highest BCUT2D eigenvalue weighted by Gasteiger charge is 1.78. The molecule has 0 radical (unpaired) electrons. The molecular formula is C15H14O3. The Labute approximate surface area is 107 Å². The van der Waals surface area contributed by atoms with Gasteiger partial charge in [0, 0.05) is 12.5 Å². The summed E-state index contributed by atoms with van der Waals surface area (Å²) >= 11 is 0. The zero-order valence-electron chi connectivity index (χ0n) is 10.1. The molecule has 0 saturated heterocycles. The summed E-state index contributed by atoms with van der Waals surface area (Å²) in [6.45, 7) is 1.10. The number of carboxylic acid groups (broad SMARTS) is 1. The van der Waals surface area contributed by atoms with Gasteiger partial charge in [-0.1, -0.05) is 36.1 Å². The first kappa shape index (κ1) is 15.5. The van der Waals surface area contributed by atoms with Crippen LogP contribution in [0.2, 0.25) is 0 Å². The number of hydrogen-bond donors (Lipinski definition) is 2. The van der Waals surface area contributed by atoms with Crippen LogP contribution in [0.4, 0.5) is 0 Å². The van der Waals surface area contributed by atoms with E-state index in [0.29, 0.717) is 0 Å². The number of benzene rings is 1. The van der Waals surface area contributed by atoms with Crippen LogP contribution in [0.3, 0.4) is 0 Å². The van der Waals surface area contributed by atoms with Gasteiger partial charge >= 0.3 is 0 Å². The monoisotopic (exact) mass is 242 g/mol. The summed E-state index contributed by atoms with van der Waals surface area (Å²) in [6.07, 6.45) is 3.15. The molecule has 0 aliphatic carbocycles. The summed E-state index contributed by atoms with van der Waals surface area (Å²) in [7, 11) is 0. The van der Waals surface area contributed by atoms with Crippen LogP contribution in [0.5, 0.6) is 0 Å². The Morgan fingerprint density at radius 3 is 2.44 bits per heavy atom. The fourth-order valence-corrected chi connectivity index (χ4v) is 0.814. The van der Waals surface area contributed by atoms with Crippen LogP contribution < -0.4 is 0 Å². The summed E-state index contributed by atoms with van der Waals surface area (Å²) in [5, 5.41) is 15.8. The van der Waals surface area contributed by atoms with Gasteiger partial charge in [-0.25, -0.2) is 0 Å². The van der Waals surface area contributed by atoms with Crippen LogP contribution in [-0.4, -0.2) is 22.8 Å². The van der Waals surface area contributed by atoms with Crippen molar-refractivity contribution in [2.45, 2.75) is 6.92 Å². The van der Waals surface area contributed by atoms with Gasteiger partial charge in [0.05, 0.1) is 6.61 Å². The second kappa shape index (κ2) is 11.0. The molecule has 0 atom stereocenters. The van der Waals surface area contributed by atoms with E-state index in [1.807, 2.05) is 30.3 Å². The van der Waals surface area contributed by atoms with Gasteiger partial charge in [-0.3, -0.25) is 4.79 Å². The summed E-state index contributed by atoms with van der Waals surface area (Å²) in [4.78, 5) is 9.00. The first-order valence-corrected chi connectivity index (χ1v) is 5.18. The Morgan fingerprint density at radius 1 is 1.28 bits per heavy atom. The van der Waals surface area contributed by atoms with Gasteiger partial charge in [-0.15, -0.1) is 0 Å². The molecule has 0 heterocycles. The number of allylic oxidation sites excluding steroid dienone is 1. The highest BCUT2D eigenvalue weighted by molar-refractivity contribution is 5.62. The Kier molecular flexibility index (Phi) is 9.49. The molecule has 1 rings (SSSR count). The van der Waals surface area contributed by atoms with E-state index >= 15 is 0 Å². The van der Waals surface area contributed by atoms with E-state index in [4.69, 9.17) is 15.0 Å². The van der Waals surface area contributed by atoms with Gasteiger partial charge in [0.1, 0.15) is 0 Å². The second-order valence-corrected chi connectivity index (χ2v) is 2.99. The van der Waals surface area contributed by atoms with Crippen molar-refractivity contribution in [2.24, 2.45) is 0 Å². The quantitative estimate of drug-likeness (QED) is 0.737. The predicted octanol–water partition coefficient (Wildman–Crippen LogP) is 1.68. The maximum Gasteiger partial charge on any atom is 0.300 e. The molecule has 0 aromatic heterocycles. The van der Waals surface area contributed by atoms with E-state index in [2.05, 4.69) is 23.7 Å². The van der Waals surface area contributed by atoms with E-state index in [1.54, 1.807) is 12.2 Å².